The molecule has 1 rings (SSSR count). The molecule has 0 aliphatic rings. The van der Waals surface area contributed by atoms with Crippen LogP contribution in [0.1, 0.15) is 25.8 Å². The summed E-state index contributed by atoms with van der Waals surface area (Å²) in [6, 6.07) is 8.49. The van der Waals surface area contributed by atoms with E-state index in [2.05, 4.69) is 5.32 Å². The fourth-order valence-electron chi connectivity index (χ4n) is 1.58. The highest BCUT2D eigenvalue weighted by Gasteiger charge is 2.19. The first-order chi connectivity index (χ1) is 10.2. The Kier molecular flexibility index (Phi) is 7.64. The number of ether oxygens (including phenoxy) is 2. The first kappa shape index (κ1) is 16.8. The van der Waals surface area contributed by atoms with Crippen LogP contribution >= 0.6 is 0 Å². The number of amides is 1. The van der Waals surface area contributed by atoms with Gasteiger partial charge < -0.3 is 14.8 Å². The van der Waals surface area contributed by atoms with Crippen LogP contribution in [0.3, 0.4) is 0 Å². The topological polar surface area (TPSA) is 64.6 Å². The Balaban J connectivity index is 2.51. The minimum Gasteiger partial charge on any atom is -0.464 e. The van der Waals surface area contributed by atoms with Crippen LogP contribution in [0, 0.1) is 0 Å². The summed E-state index contributed by atoms with van der Waals surface area (Å²) < 4.78 is 9.98. The van der Waals surface area contributed by atoms with Gasteiger partial charge in [0, 0.05) is 0 Å². The third-order valence-electron chi connectivity index (χ3n) is 2.59. The number of carbonyl (C=O) groups is 2. The van der Waals surface area contributed by atoms with E-state index in [1.165, 1.54) is 0 Å². The molecule has 1 aromatic rings. The van der Waals surface area contributed by atoms with Crippen molar-refractivity contribution in [2.24, 2.45) is 0 Å². The second-order valence-corrected chi connectivity index (χ2v) is 4.27. The van der Waals surface area contributed by atoms with Gasteiger partial charge in [-0.15, -0.1) is 0 Å². The fourth-order valence-corrected chi connectivity index (χ4v) is 1.58. The number of carbonyl (C=O) groups excluding carboxylic acids is 2. The number of hydrogen-bond acceptors (Lipinski definition) is 4. The summed E-state index contributed by atoms with van der Waals surface area (Å²) in [6.45, 7) is 4.06. The summed E-state index contributed by atoms with van der Waals surface area (Å²) in [5.74, 6) is -0.501. The van der Waals surface area contributed by atoms with E-state index in [1.807, 2.05) is 37.3 Å². The van der Waals surface area contributed by atoms with Gasteiger partial charge in [0.15, 0.2) is 0 Å². The van der Waals surface area contributed by atoms with Crippen molar-refractivity contribution in [2.45, 2.75) is 32.9 Å². The van der Waals surface area contributed by atoms with E-state index in [0.29, 0.717) is 0 Å². The van der Waals surface area contributed by atoms with Gasteiger partial charge in [-0.25, -0.2) is 9.59 Å². The van der Waals surface area contributed by atoms with Crippen LogP contribution in [-0.4, -0.2) is 24.7 Å². The third-order valence-corrected chi connectivity index (χ3v) is 2.59. The van der Waals surface area contributed by atoms with E-state index in [9.17, 15) is 9.59 Å². The molecule has 0 saturated carbocycles. The van der Waals surface area contributed by atoms with Crippen LogP contribution in [0.25, 0.3) is 0 Å². The Morgan fingerprint density at radius 3 is 2.52 bits per heavy atom. The van der Waals surface area contributed by atoms with Crippen molar-refractivity contribution in [3.63, 3.8) is 0 Å². The Bertz CT molecular complexity index is 470. The predicted octanol–water partition coefficient (Wildman–Crippen LogP) is 2.81. The lowest BCUT2D eigenvalue weighted by Gasteiger charge is -2.14. The maximum atomic E-state index is 11.7. The van der Waals surface area contributed by atoms with E-state index in [4.69, 9.17) is 9.47 Å². The summed E-state index contributed by atoms with van der Waals surface area (Å²) in [6.07, 6.45) is 3.50. The molecule has 0 aliphatic heterocycles. The van der Waals surface area contributed by atoms with Gasteiger partial charge in [-0.3, -0.25) is 0 Å². The van der Waals surface area contributed by atoms with Crippen LogP contribution in [0.4, 0.5) is 4.79 Å². The van der Waals surface area contributed by atoms with Gasteiger partial charge in [0.05, 0.1) is 6.61 Å². The lowest BCUT2D eigenvalue weighted by atomic mass is 10.2. The molecule has 21 heavy (non-hydrogen) atoms. The molecule has 0 spiro atoms. The zero-order valence-electron chi connectivity index (χ0n) is 12.4. The van der Waals surface area contributed by atoms with Gasteiger partial charge in [0.2, 0.25) is 0 Å². The predicted molar refractivity (Wildman–Crippen MR) is 79.6 cm³/mol. The molecule has 1 aromatic carbocycles. The first-order valence-electron chi connectivity index (χ1n) is 6.97. The van der Waals surface area contributed by atoms with Crippen molar-refractivity contribution in [2.75, 3.05) is 6.61 Å². The lowest BCUT2D eigenvalue weighted by Crippen LogP contribution is -2.40. The zero-order valence-corrected chi connectivity index (χ0v) is 12.4. The monoisotopic (exact) mass is 291 g/mol. The smallest absolute Gasteiger partial charge is 0.408 e. The number of allylic oxidation sites excluding steroid dienone is 1. The standard InChI is InChI=1S/C16H21NO4/c1-3-5-11-14(15(18)20-4-2)17-16(19)21-12-13-9-7-6-8-10-13/h5-11,14H,3-4,12H2,1-2H3,(H,17,19)/b11-5+/t14-/m0/s1. The average Bonchev–Trinajstić information content (AvgIpc) is 2.50. The quantitative estimate of drug-likeness (QED) is 0.619. The molecule has 0 unspecified atom stereocenters. The van der Waals surface area contributed by atoms with Crippen molar-refractivity contribution in [3.05, 3.63) is 48.0 Å². The minimum absolute atomic E-state index is 0.152. The van der Waals surface area contributed by atoms with Crippen molar-refractivity contribution in [1.82, 2.24) is 5.32 Å². The number of alkyl carbamates (subject to hydrolysis) is 1. The summed E-state index contributed by atoms with van der Waals surface area (Å²) in [5.41, 5.74) is 0.879. The second-order valence-electron chi connectivity index (χ2n) is 4.27. The molecule has 0 heterocycles. The molecule has 0 bridgehead atoms. The number of esters is 1. The molecule has 1 N–H and O–H groups in total. The van der Waals surface area contributed by atoms with E-state index in [1.54, 1.807) is 19.1 Å². The number of nitrogens with one attached hydrogen (secondary N) is 1. The Morgan fingerprint density at radius 1 is 1.19 bits per heavy atom. The summed E-state index contributed by atoms with van der Waals surface area (Å²) in [7, 11) is 0. The maximum Gasteiger partial charge on any atom is 0.408 e. The zero-order chi connectivity index (χ0) is 15.5. The first-order valence-corrected chi connectivity index (χ1v) is 6.97. The van der Waals surface area contributed by atoms with Crippen LogP contribution in [0.2, 0.25) is 0 Å². The van der Waals surface area contributed by atoms with E-state index in [-0.39, 0.29) is 13.2 Å². The van der Waals surface area contributed by atoms with Crippen molar-refractivity contribution in [1.29, 1.82) is 0 Å². The van der Waals surface area contributed by atoms with Crippen LogP contribution in [0.15, 0.2) is 42.5 Å². The van der Waals surface area contributed by atoms with Crippen molar-refractivity contribution in [3.8, 4) is 0 Å². The largest absolute Gasteiger partial charge is 0.464 e. The second kappa shape index (κ2) is 9.58. The molecule has 0 fully saturated rings. The van der Waals surface area contributed by atoms with Crippen molar-refractivity contribution < 1.29 is 19.1 Å². The van der Waals surface area contributed by atoms with E-state index in [0.717, 1.165) is 12.0 Å². The molecular weight excluding hydrogens is 270 g/mol. The molecule has 5 nitrogen and oxygen atoms in total. The van der Waals surface area contributed by atoms with Crippen LogP contribution in [0.5, 0.6) is 0 Å². The fraction of sp³-hybridized carbons (Fsp3) is 0.375. The highest BCUT2D eigenvalue weighted by molar-refractivity contribution is 5.83. The maximum absolute atomic E-state index is 11.7. The molecule has 1 amide bonds. The Morgan fingerprint density at radius 2 is 1.90 bits per heavy atom. The molecule has 0 aromatic heterocycles. The number of hydrogen-bond donors (Lipinski definition) is 1. The molecule has 1 atom stereocenters. The van der Waals surface area contributed by atoms with Gasteiger partial charge in [0.1, 0.15) is 12.6 Å². The molecule has 114 valence electrons. The molecule has 0 aliphatic carbocycles. The van der Waals surface area contributed by atoms with E-state index < -0.39 is 18.1 Å². The van der Waals surface area contributed by atoms with Gasteiger partial charge in [0.25, 0.3) is 0 Å². The molecule has 0 saturated heterocycles. The van der Waals surface area contributed by atoms with Crippen molar-refractivity contribution >= 4 is 12.1 Å². The third kappa shape index (κ3) is 6.61. The average molecular weight is 291 g/mol. The normalized spacial score (nSPS) is 11.9. The Labute approximate surface area is 124 Å². The molecular formula is C16H21NO4. The number of benzene rings is 1. The lowest BCUT2D eigenvalue weighted by molar-refractivity contribution is -0.144. The van der Waals surface area contributed by atoms with Gasteiger partial charge in [-0.1, -0.05) is 49.4 Å². The number of rotatable bonds is 7. The van der Waals surface area contributed by atoms with E-state index >= 15 is 0 Å². The van der Waals surface area contributed by atoms with Gasteiger partial charge in [-0.05, 0) is 18.9 Å². The molecule has 5 heteroatoms. The minimum atomic E-state index is -0.826. The van der Waals surface area contributed by atoms with Gasteiger partial charge >= 0.3 is 12.1 Å². The molecule has 0 radical (unpaired) electrons. The highest BCUT2D eigenvalue weighted by atomic mass is 16.6. The highest BCUT2D eigenvalue weighted by Crippen LogP contribution is 2.01. The van der Waals surface area contributed by atoms with Gasteiger partial charge in [-0.2, -0.15) is 0 Å². The summed E-state index contributed by atoms with van der Waals surface area (Å²) in [5, 5.41) is 2.48. The van der Waals surface area contributed by atoms with Crippen LogP contribution in [-0.2, 0) is 20.9 Å². The van der Waals surface area contributed by atoms with Crippen LogP contribution < -0.4 is 5.32 Å². The summed E-state index contributed by atoms with van der Waals surface area (Å²) in [4.78, 5) is 23.4. The summed E-state index contributed by atoms with van der Waals surface area (Å²) >= 11 is 0. The SMILES string of the molecule is CC/C=C/[C@H](NC(=O)OCc1ccccc1)C(=O)OCC. The Hall–Kier alpha value is -2.30.